The van der Waals surface area contributed by atoms with Gasteiger partial charge in [0.15, 0.2) is 0 Å². The Hall–Kier alpha value is -0.900. The predicted octanol–water partition coefficient (Wildman–Crippen LogP) is 2.34. The van der Waals surface area contributed by atoms with Crippen LogP contribution in [0.3, 0.4) is 0 Å². The first-order valence-corrected chi connectivity index (χ1v) is 6.90. The Morgan fingerprint density at radius 2 is 1.88 bits per heavy atom. The number of nitrogens with zero attached hydrogens (tertiary/aromatic N) is 2. The Balaban J connectivity index is 1.69. The van der Waals surface area contributed by atoms with E-state index in [2.05, 4.69) is 22.4 Å². The normalized spacial score (nSPS) is 16.8. The molecule has 1 aliphatic carbocycles. The fraction of sp³-hybridized carbons (Fsp3) is 0.846. The lowest BCUT2D eigenvalue weighted by atomic mass is 10.0. The number of aromatic nitrogens is 2. The van der Waals surface area contributed by atoms with E-state index in [9.17, 15) is 0 Å². The topological polar surface area (TPSA) is 51.0 Å². The molecule has 0 bridgehead atoms. The highest BCUT2D eigenvalue weighted by atomic mass is 16.4. The molecule has 96 valence electrons. The molecule has 1 aromatic heterocycles. The monoisotopic (exact) mass is 237 g/mol. The molecule has 0 atom stereocenters. The highest BCUT2D eigenvalue weighted by Crippen LogP contribution is 2.28. The van der Waals surface area contributed by atoms with Crippen molar-refractivity contribution in [3.05, 3.63) is 11.8 Å². The Kier molecular flexibility index (Phi) is 4.98. The van der Waals surface area contributed by atoms with Gasteiger partial charge in [-0.25, -0.2) is 0 Å². The van der Waals surface area contributed by atoms with Crippen LogP contribution in [0.4, 0.5) is 0 Å². The third-order valence-corrected chi connectivity index (χ3v) is 3.52. The van der Waals surface area contributed by atoms with E-state index in [-0.39, 0.29) is 0 Å². The summed E-state index contributed by atoms with van der Waals surface area (Å²) in [5, 5.41) is 11.4. The third-order valence-electron chi connectivity index (χ3n) is 3.52. The van der Waals surface area contributed by atoms with Crippen molar-refractivity contribution in [2.75, 3.05) is 13.1 Å². The van der Waals surface area contributed by atoms with Crippen LogP contribution >= 0.6 is 0 Å². The number of likely N-dealkylation sites (N-methyl/N-ethyl adjacent to an activating group) is 1. The smallest absolute Gasteiger partial charge is 0.217 e. The molecule has 1 fully saturated rings. The van der Waals surface area contributed by atoms with Crippen molar-refractivity contribution in [2.45, 2.75) is 51.9 Å². The molecule has 17 heavy (non-hydrogen) atoms. The zero-order valence-electron chi connectivity index (χ0n) is 10.7. The minimum Gasteiger partial charge on any atom is -0.425 e. The van der Waals surface area contributed by atoms with Crippen molar-refractivity contribution in [1.82, 2.24) is 15.5 Å². The third kappa shape index (κ3) is 4.11. The maximum atomic E-state index is 5.63. The zero-order chi connectivity index (χ0) is 11.9. The second-order valence-corrected chi connectivity index (χ2v) is 4.88. The van der Waals surface area contributed by atoms with Crippen LogP contribution in [0.25, 0.3) is 0 Å². The maximum absolute atomic E-state index is 5.63. The van der Waals surface area contributed by atoms with Crippen LogP contribution in [0.15, 0.2) is 4.42 Å². The largest absolute Gasteiger partial charge is 0.425 e. The van der Waals surface area contributed by atoms with Gasteiger partial charge in [-0.3, -0.25) is 0 Å². The van der Waals surface area contributed by atoms with Gasteiger partial charge in [-0.15, -0.1) is 10.2 Å². The van der Waals surface area contributed by atoms with Crippen LogP contribution < -0.4 is 5.32 Å². The molecule has 4 nitrogen and oxygen atoms in total. The summed E-state index contributed by atoms with van der Waals surface area (Å²) in [5.41, 5.74) is 0. The highest BCUT2D eigenvalue weighted by molar-refractivity contribution is 4.84. The van der Waals surface area contributed by atoms with E-state index in [0.717, 1.165) is 43.6 Å². The molecule has 0 aromatic carbocycles. The van der Waals surface area contributed by atoms with Crippen LogP contribution in [-0.4, -0.2) is 23.3 Å². The molecule has 4 heteroatoms. The van der Waals surface area contributed by atoms with Crippen LogP contribution in [0.1, 0.15) is 50.8 Å². The SMILES string of the molecule is CCNCCc1nnc(CCC2CCCC2)o1. The second kappa shape index (κ2) is 6.74. The van der Waals surface area contributed by atoms with E-state index in [1.165, 1.54) is 32.1 Å². The summed E-state index contributed by atoms with van der Waals surface area (Å²) in [5.74, 6) is 2.49. The molecule has 0 aliphatic heterocycles. The van der Waals surface area contributed by atoms with Crippen molar-refractivity contribution in [3.63, 3.8) is 0 Å². The first kappa shape index (κ1) is 12.6. The Labute approximate surface area is 103 Å². The van der Waals surface area contributed by atoms with E-state index < -0.39 is 0 Å². The molecule has 0 saturated heterocycles. The fourth-order valence-electron chi connectivity index (χ4n) is 2.49. The summed E-state index contributed by atoms with van der Waals surface area (Å²) in [7, 11) is 0. The molecule has 1 aliphatic rings. The lowest BCUT2D eigenvalue weighted by molar-refractivity contribution is 0.413. The Bertz CT molecular complexity index is 318. The summed E-state index contributed by atoms with van der Waals surface area (Å²) >= 11 is 0. The minimum absolute atomic E-state index is 0.771. The summed E-state index contributed by atoms with van der Waals surface area (Å²) in [6, 6.07) is 0. The van der Waals surface area contributed by atoms with E-state index >= 15 is 0 Å². The summed E-state index contributed by atoms with van der Waals surface area (Å²) < 4.78 is 5.63. The number of hydrogen-bond donors (Lipinski definition) is 1. The molecule has 0 unspecified atom stereocenters. The molecule has 1 saturated carbocycles. The van der Waals surface area contributed by atoms with E-state index in [1.54, 1.807) is 0 Å². The van der Waals surface area contributed by atoms with E-state index in [1.807, 2.05) is 0 Å². The summed E-state index contributed by atoms with van der Waals surface area (Å²) in [6.07, 6.45) is 8.60. The lowest BCUT2D eigenvalue weighted by Crippen LogP contribution is -2.16. The van der Waals surface area contributed by atoms with Crippen molar-refractivity contribution < 1.29 is 4.42 Å². The summed E-state index contributed by atoms with van der Waals surface area (Å²) in [4.78, 5) is 0. The molecular formula is C13H23N3O. The highest BCUT2D eigenvalue weighted by Gasteiger charge is 2.16. The fourth-order valence-corrected chi connectivity index (χ4v) is 2.49. The molecule has 1 heterocycles. The molecule has 0 spiro atoms. The van der Waals surface area contributed by atoms with Crippen LogP contribution in [-0.2, 0) is 12.8 Å². The first-order chi connectivity index (χ1) is 8.38. The number of rotatable bonds is 7. The van der Waals surface area contributed by atoms with Crippen LogP contribution in [0, 0.1) is 5.92 Å². The standard InChI is InChI=1S/C13H23N3O/c1-2-14-10-9-13-16-15-12(17-13)8-7-11-5-3-4-6-11/h11,14H,2-10H2,1H3. The van der Waals surface area contributed by atoms with Gasteiger partial charge in [0, 0.05) is 19.4 Å². The van der Waals surface area contributed by atoms with Crippen molar-refractivity contribution in [2.24, 2.45) is 5.92 Å². The van der Waals surface area contributed by atoms with Crippen molar-refractivity contribution in [3.8, 4) is 0 Å². The van der Waals surface area contributed by atoms with Gasteiger partial charge >= 0.3 is 0 Å². The van der Waals surface area contributed by atoms with E-state index in [4.69, 9.17) is 4.42 Å². The average Bonchev–Trinajstić information content (AvgIpc) is 2.98. The molecule has 1 N–H and O–H groups in total. The minimum atomic E-state index is 0.771. The van der Waals surface area contributed by atoms with Gasteiger partial charge in [-0.2, -0.15) is 0 Å². The quantitative estimate of drug-likeness (QED) is 0.740. The molecule has 2 rings (SSSR count). The predicted molar refractivity (Wildman–Crippen MR) is 66.8 cm³/mol. The van der Waals surface area contributed by atoms with Crippen LogP contribution in [0.2, 0.25) is 0 Å². The lowest BCUT2D eigenvalue weighted by Gasteiger charge is -2.04. The van der Waals surface area contributed by atoms with Gasteiger partial charge < -0.3 is 9.73 Å². The Morgan fingerprint density at radius 1 is 1.18 bits per heavy atom. The Morgan fingerprint density at radius 3 is 2.59 bits per heavy atom. The number of nitrogens with one attached hydrogen (secondary N) is 1. The molecular weight excluding hydrogens is 214 g/mol. The number of hydrogen-bond acceptors (Lipinski definition) is 4. The average molecular weight is 237 g/mol. The van der Waals surface area contributed by atoms with Gasteiger partial charge in [0.05, 0.1) is 0 Å². The second-order valence-electron chi connectivity index (χ2n) is 4.88. The summed E-state index contributed by atoms with van der Waals surface area (Å²) in [6.45, 7) is 4.00. The van der Waals surface area contributed by atoms with Gasteiger partial charge in [0.25, 0.3) is 0 Å². The molecule has 0 radical (unpaired) electrons. The van der Waals surface area contributed by atoms with Gasteiger partial charge in [0.1, 0.15) is 0 Å². The van der Waals surface area contributed by atoms with E-state index in [0.29, 0.717) is 0 Å². The van der Waals surface area contributed by atoms with Gasteiger partial charge in [0.2, 0.25) is 11.8 Å². The van der Waals surface area contributed by atoms with Crippen molar-refractivity contribution >= 4 is 0 Å². The zero-order valence-corrected chi connectivity index (χ0v) is 10.7. The van der Waals surface area contributed by atoms with Crippen LogP contribution in [0.5, 0.6) is 0 Å². The van der Waals surface area contributed by atoms with Crippen molar-refractivity contribution in [1.29, 1.82) is 0 Å². The molecule has 1 aromatic rings. The first-order valence-electron chi connectivity index (χ1n) is 6.90. The maximum Gasteiger partial charge on any atom is 0.217 e. The molecule has 0 amide bonds. The van der Waals surface area contributed by atoms with Gasteiger partial charge in [-0.05, 0) is 18.9 Å². The van der Waals surface area contributed by atoms with Gasteiger partial charge in [-0.1, -0.05) is 32.6 Å². The number of aryl methyl sites for hydroxylation is 1.